The lowest BCUT2D eigenvalue weighted by Gasteiger charge is -2.12. The van der Waals surface area contributed by atoms with E-state index < -0.39 is 0 Å². The predicted octanol–water partition coefficient (Wildman–Crippen LogP) is 5.16. The summed E-state index contributed by atoms with van der Waals surface area (Å²) in [6.45, 7) is 0. The fourth-order valence-electron chi connectivity index (χ4n) is 1.48. The van der Waals surface area contributed by atoms with Crippen molar-refractivity contribution in [3.63, 3.8) is 0 Å². The maximum atomic E-state index is 9.82. The Morgan fingerprint density at radius 1 is 0.950 bits per heavy atom. The van der Waals surface area contributed by atoms with E-state index in [1.165, 1.54) is 12.1 Å². The van der Waals surface area contributed by atoms with Crippen LogP contribution in [-0.2, 0) is 0 Å². The third-order valence-electron chi connectivity index (χ3n) is 2.38. The van der Waals surface area contributed by atoms with E-state index >= 15 is 0 Å². The van der Waals surface area contributed by atoms with Gasteiger partial charge in [0.05, 0.1) is 10.7 Å². The molecule has 0 bridgehead atoms. The summed E-state index contributed by atoms with van der Waals surface area (Å²) in [5.41, 5.74) is 1.09. The number of aromatic hydroxyl groups is 1. The number of thiocarbonyl (C=S) groups is 1. The van der Waals surface area contributed by atoms with Crippen molar-refractivity contribution in [2.24, 2.45) is 0 Å². The second-order valence-electron chi connectivity index (χ2n) is 3.87. The van der Waals surface area contributed by atoms with Gasteiger partial charge in [0, 0.05) is 15.7 Å². The average molecular weight is 348 g/mol. The van der Waals surface area contributed by atoms with Crippen molar-refractivity contribution in [1.82, 2.24) is 0 Å². The minimum absolute atomic E-state index is 0.115. The quantitative estimate of drug-likeness (QED) is 0.518. The van der Waals surface area contributed by atoms with E-state index in [1.807, 2.05) is 0 Å². The van der Waals surface area contributed by atoms with Crippen molar-refractivity contribution in [2.45, 2.75) is 0 Å². The molecule has 2 aromatic rings. The first-order valence-electron chi connectivity index (χ1n) is 5.47. The van der Waals surface area contributed by atoms with Crippen molar-refractivity contribution >= 4 is 63.5 Å². The Bertz CT molecular complexity index is 647. The Morgan fingerprint density at radius 2 is 1.60 bits per heavy atom. The number of benzene rings is 2. The van der Waals surface area contributed by atoms with Gasteiger partial charge in [0.1, 0.15) is 0 Å². The summed E-state index contributed by atoms with van der Waals surface area (Å²) in [4.78, 5) is 0. The van der Waals surface area contributed by atoms with Gasteiger partial charge in [0.15, 0.2) is 10.9 Å². The van der Waals surface area contributed by atoms with Gasteiger partial charge in [0.25, 0.3) is 0 Å². The molecule has 2 rings (SSSR count). The van der Waals surface area contributed by atoms with Gasteiger partial charge in [-0.2, -0.15) is 0 Å². The molecule has 0 aliphatic rings. The van der Waals surface area contributed by atoms with E-state index in [2.05, 4.69) is 10.6 Å². The highest BCUT2D eigenvalue weighted by Gasteiger charge is 2.09. The zero-order chi connectivity index (χ0) is 14.7. The normalized spacial score (nSPS) is 10.2. The van der Waals surface area contributed by atoms with Crippen molar-refractivity contribution in [2.75, 3.05) is 10.6 Å². The van der Waals surface area contributed by atoms with Crippen molar-refractivity contribution in [3.8, 4) is 5.75 Å². The molecule has 3 N–H and O–H groups in total. The molecule has 0 aliphatic carbocycles. The Labute approximate surface area is 136 Å². The summed E-state index contributed by atoms with van der Waals surface area (Å²) in [6, 6.07) is 10.0. The maximum absolute atomic E-state index is 9.82. The number of halogens is 3. The van der Waals surface area contributed by atoms with Crippen molar-refractivity contribution in [1.29, 1.82) is 0 Å². The third kappa shape index (κ3) is 3.90. The Kier molecular flexibility index (Phi) is 4.94. The van der Waals surface area contributed by atoms with Crippen LogP contribution < -0.4 is 10.6 Å². The molecule has 20 heavy (non-hydrogen) atoms. The minimum Gasteiger partial charge on any atom is -0.504 e. The largest absolute Gasteiger partial charge is 0.504 e. The summed E-state index contributed by atoms with van der Waals surface area (Å²) in [5.74, 6) is -0.115. The van der Waals surface area contributed by atoms with Gasteiger partial charge >= 0.3 is 0 Å². The number of phenolic OH excluding ortho intramolecular Hbond substituents is 1. The average Bonchev–Trinajstić information content (AvgIpc) is 2.38. The molecule has 0 aliphatic heterocycles. The molecule has 0 saturated heterocycles. The van der Waals surface area contributed by atoms with E-state index in [0.29, 0.717) is 20.8 Å². The SMILES string of the molecule is Oc1c(Cl)cc(Cl)cc1NC(=S)Nc1ccc(Cl)cc1. The number of nitrogens with one attached hydrogen (secondary N) is 2. The van der Waals surface area contributed by atoms with Gasteiger partial charge in [0.2, 0.25) is 0 Å². The van der Waals surface area contributed by atoms with E-state index in [1.54, 1.807) is 24.3 Å². The van der Waals surface area contributed by atoms with Crippen molar-refractivity contribution < 1.29 is 5.11 Å². The smallest absolute Gasteiger partial charge is 0.175 e. The van der Waals surface area contributed by atoms with E-state index in [4.69, 9.17) is 47.0 Å². The van der Waals surface area contributed by atoms with Gasteiger partial charge in [-0.25, -0.2) is 0 Å². The summed E-state index contributed by atoms with van der Waals surface area (Å²) < 4.78 is 0. The summed E-state index contributed by atoms with van der Waals surface area (Å²) >= 11 is 22.6. The molecular formula is C13H9Cl3N2OS. The summed E-state index contributed by atoms with van der Waals surface area (Å²) in [5, 5.41) is 17.1. The van der Waals surface area contributed by atoms with Crippen LogP contribution in [0.25, 0.3) is 0 Å². The maximum Gasteiger partial charge on any atom is 0.175 e. The third-order valence-corrected chi connectivity index (χ3v) is 3.34. The Balaban J connectivity index is 2.10. The molecular weight excluding hydrogens is 339 g/mol. The molecule has 0 saturated carbocycles. The lowest BCUT2D eigenvalue weighted by atomic mass is 10.3. The van der Waals surface area contributed by atoms with Crippen LogP contribution in [0.2, 0.25) is 15.1 Å². The number of hydrogen-bond donors (Lipinski definition) is 3. The molecule has 0 aromatic heterocycles. The van der Waals surface area contributed by atoms with Crippen LogP contribution in [0.4, 0.5) is 11.4 Å². The summed E-state index contributed by atoms with van der Waals surface area (Å²) in [6.07, 6.45) is 0. The molecule has 3 nitrogen and oxygen atoms in total. The lowest BCUT2D eigenvalue weighted by molar-refractivity contribution is 0.478. The van der Waals surface area contributed by atoms with Gasteiger partial charge in [-0.1, -0.05) is 34.8 Å². The van der Waals surface area contributed by atoms with Crippen LogP contribution in [0.5, 0.6) is 5.75 Å². The molecule has 104 valence electrons. The molecule has 0 atom stereocenters. The van der Waals surface area contributed by atoms with E-state index in [9.17, 15) is 5.11 Å². The van der Waals surface area contributed by atoms with Crippen molar-refractivity contribution in [3.05, 3.63) is 51.5 Å². The summed E-state index contributed by atoms with van der Waals surface area (Å²) in [7, 11) is 0. The fourth-order valence-corrected chi connectivity index (χ4v) is 2.33. The fraction of sp³-hybridized carbons (Fsp3) is 0. The number of anilines is 2. The van der Waals surface area contributed by atoms with Crippen LogP contribution in [0.1, 0.15) is 0 Å². The number of hydrogen-bond acceptors (Lipinski definition) is 2. The highest BCUT2D eigenvalue weighted by atomic mass is 35.5. The standard InChI is InChI=1S/C13H9Cl3N2OS/c14-7-1-3-9(4-2-7)17-13(20)18-11-6-8(15)5-10(16)12(11)19/h1-6,19H,(H2,17,18,20). The van der Waals surface area contributed by atoms with Crippen LogP contribution in [0.3, 0.4) is 0 Å². The highest BCUT2D eigenvalue weighted by Crippen LogP contribution is 2.35. The van der Waals surface area contributed by atoms with Gasteiger partial charge in [-0.3, -0.25) is 0 Å². The highest BCUT2D eigenvalue weighted by molar-refractivity contribution is 7.80. The van der Waals surface area contributed by atoms with Gasteiger partial charge < -0.3 is 15.7 Å². The van der Waals surface area contributed by atoms with Crippen LogP contribution in [0.15, 0.2) is 36.4 Å². The van der Waals surface area contributed by atoms with E-state index in [-0.39, 0.29) is 10.8 Å². The Morgan fingerprint density at radius 3 is 2.25 bits per heavy atom. The van der Waals surface area contributed by atoms with Gasteiger partial charge in [-0.05, 0) is 48.6 Å². The molecule has 0 amide bonds. The molecule has 0 fully saturated rings. The molecule has 0 radical (unpaired) electrons. The molecule has 0 heterocycles. The first-order valence-corrected chi connectivity index (χ1v) is 7.01. The Hall–Kier alpha value is -1.20. The van der Waals surface area contributed by atoms with E-state index in [0.717, 1.165) is 5.69 Å². The van der Waals surface area contributed by atoms with Crippen LogP contribution in [-0.4, -0.2) is 10.2 Å². The molecule has 7 heteroatoms. The zero-order valence-electron chi connectivity index (χ0n) is 9.95. The van der Waals surface area contributed by atoms with Crippen LogP contribution >= 0.6 is 47.0 Å². The second-order valence-corrected chi connectivity index (χ2v) is 5.56. The molecule has 0 unspecified atom stereocenters. The number of rotatable bonds is 2. The van der Waals surface area contributed by atoms with Gasteiger partial charge in [-0.15, -0.1) is 0 Å². The van der Waals surface area contributed by atoms with Crippen LogP contribution in [0, 0.1) is 0 Å². The minimum atomic E-state index is -0.115. The first kappa shape index (κ1) is 15.2. The topological polar surface area (TPSA) is 44.3 Å². The monoisotopic (exact) mass is 346 g/mol. The predicted molar refractivity (Wildman–Crippen MR) is 89.4 cm³/mol. The zero-order valence-corrected chi connectivity index (χ0v) is 13.0. The molecule has 0 spiro atoms. The molecule has 2 aromatic carbocycles. The number of phenols is 1. The second kappa shape index (κ2) is 6.50. The lowest BCUT2D eigenvalue weighted by Crippen LogP contribution is -2.19. The first-order chi connectivity index (χ1) is 9.45.